The number of hydrogen-bond acceptors (Lipinski definition) is 3. The first-order valence-corrected chi connectivity index (χ1v) is 18.1. The van der Waals surface area contributed by atoms with Crippen molar-refractivity contribution in [3.8, 4) is 22.5 Å². The summed E-state index contributed by atoms with van der Waals surface area (Å²) in [5.41, 5.74) is 12.3. The third-order valence-electron chi connectivity index (χ3n) is 10.7. The van der Waals surface area contributed by atoms with Crippen molar-refractivity contribution < 1.29 is 0 Å². The molecule has 1 aliphatic heterocycles. The van der Waals surface area contributed by atoms with Crippen molar-refractivity contribution in [2.45, 2.75) is 6.17 Å². The average molecular weight is 680 g/mol. The highest BCUT2D eigenvalue weighted by Gasteiger charge is 2.34. The van der Waals surface area contributed by atoms with Crippen LogP contribution in [0.5, 0.6) is 0 Å². The smallest absolute Gasteiger partial charge is 0.158 e. The SMILES string of the molecule is c1ccc(-c2cnc3c(c2)NC(c2cc(-n4c5ccccc5c5ccccc54)cc(-n4c5ccccc5c5ccccc54)c2)N3c2ccccc2)cc1. The van der Waals surface area contributed by atoms with Gasteiger partial charge in [0.2, 0.25) is 0 Å². The van der Waals surface area contributed by atoms with E-state index in [-0.39, 0.29) is 6.17 Å². The Morgan fingerprint density at radius 2 is 0.868 bits per heavy atom. The standard InChI is InChI=1S/C48H33N5/c1-3-15-32(16-4-1)34-29-42-48(49-31-34)53(35-17-5-2-6-18-35)47(50-42)33-27-36(51-43-23-11-7-19-38(43)39-20-8-12-24-44(39)51)30-37(28-33)52-45-25-13-9-21-40(45)41-22-10-14-26-46(41)52/h1-31,47,50H. The predicted molar refractivity (Wildman–Crippen MR) is 220 cm³/mol. The predicted octanol–water partition coefficient (Wildman–Crippen LogP) is 12.2. The van der Waals surface area contributed by atoms with E-state index < -0.39 is 0 Å². The molecular weight excluding hydrogens is 647 g/mol. The van der Waals surface area contributed by atoms with Crippen molar-refractivity contribution in [2.75, 3.05) is 10.2 Å². The van der Waals surface area contributed by atoms with Crippen LogP contribution in [0.4, 0.5) is 17.2 Å². The molecule has 7 aromatic carbocycles. The van der Waals surface area contributed by atoms with E-state index in [4.69, 9.17) is 4.98 Å². The van der Waals surface area contributed by atoms with E-state index in [9.17, 15) is 0 Å². The Morgan fingerprint density at radius 1 is 0.415 bits per heavy atom. The van der Waals surface area contributed by atoms with E-state index in [2.05, 4.69) is 201 Å². The topological polar surface area (TPSA) is 38.0 Å². The number of fused-ring (bicyclic) bond motifs is 7. The molecule has 10 aromatic rings. The van der Waals surface area contributed by atoms with Gasteiger partial charge < -0.3 is 14.5 Å². The summed E-state index contributed by atoms with van der Waals surface area (Å²) in [7, 11) is 0. The van der Waals surface area contributed by atoms with Crippen LogP contribution in [0.25, 0.3) is 66.1 Å². The van der Waals surface area contributed by atoms with Crippen molar-refractivity contribution >= 4 is 60.8 Å². The van der Waals surface area contributed by atoms with Gasteiger partial charge in [0, 0.05) is 50.4 Å². The van der Waals surface area contributed by atoms with Crippen molar-refractivity contribution in [1.82, 2.24) is 14.1 Å². The molecule has 0 radical (unpaired) electrons. The van der Waals surface area contributed by atoms with Gasteiger partial charge in [0.05, 0.1) is 27.8 Å². The van der Waals surface area contributed by atoms with Crippen molar-refractivity contribution in [2.24, 2.45) is 0 Å². The highest BCUT2D eigenvalue weighted by atomic mass is 15.4. The van der Waals surface area contributed by atoms with Crippen LogP contribution in [-0.4, -0.2) is 14.1 Å². The fourth-order valence-electron chi connectivity index (χ4n) is 8.41. The lowest BCUT2D eigenvalue weighted by molar-refractivity contribution is 0.817. The summed E-state index contributed by atoms with van der Waals surface area (Å²) in [6, 6.07) is 65.3. The third-order valence-corrected chi connectivity index (χ3v) is 10.7. The van der Waals surface area contributed by atoms with E-state index in [0.717, 1.165) is 45.3 Å². The largest absolute Gasteiger partial charge is 0.358 e. The molecule has 4 heterocycles. The lowest BCUT2D eigenvalue weighted by atomic mass is 10.1. The van der Waals surface area contributed by atoms with Gasteiger partial charge in [0.1, 0.15) is 6.17 Å². The number of nitrogens with one attached hydrogen (secondary N) is 1. The van der Waals surface area contributed by atoms with Crippen LogP contribution < -0.4 is 10.2 Å². The number of para-hydroxylation sites is 5. The van der Waals surface area contributed by atoms with Gasteiger partial charge in [-0.25, -0.2) is 4.98 Å². The van der Waals surface area contributed by atoms with Crippen LogP contribution in [0.15, 0.2) is 188 Å². The number of nitrogens with zero attached hydrogens (tertiary/aromatic N) is 4. The summed E-state index contributed by atoms with van der Waals surface area (Å²) in [6.45, 7) is 0. The molecule has 0 fully saturated rings. The molecule has 1 aliphatic rings. The van der Waals surface area contributed by atoms with Crippen LogP contribution in [0.1, 0.15) is 11.7 Å². The Hall–Kier alpha value is -7.11. The molecule has 1 atom stereocenters. The van der Waals surface area contributed by atoms with Gasteiger partial charge in [-0.15, -0.1) is 0 Å². The van der Waals surface area contributed by atoms with E-state index >= 15 is 0 Å². The highest BCUT2D eigenvalue weighted by Crippen LogP contribution is 2.47. The molecule has 11 rings (SSSR count). The number of anilines is 3. The van der Waals surface area contributed by atoms with Gasteiger partial charge in [0.25, 0.3) is 0 Å². The molecule has 1 N–H and O–H groups in total. The van der Waals surface area contributed by atoms with Crippen molar-refractivity contribution in [3.63, 3.8) is 0 Å². The molecule has 0 bridgehead atoms. The van der Waals surface area contributed by atoms with Gasteiger partial charge in [-0.2, -0.15) is 0 Å². The number of pyridine rings is 1. The lowest BCUT2D eigenvalue weighted by Gasteiger charge is -2.28. The maximum absolute atomic E-state index is 5.13. The minimum Gasteiger partial charge on any atom is -0.358 e. The minimum atomic E-state index is -0.231. The zero-order chi connectivity index (χ0) is 34.9. The molecule has 0 aliphatic carbocycles. The summed E-state index contributed by atoms with van der Waals surface area (Å²) in [4.78, 5) is 7.47. The number of hydrogen-bond donors (Lipinski definition) is 1. The number of aromatic nitrogens is 3. The van der Waals surface area contributed by atoms with Gasteiger partial charge >= 0.3 is 0 Å². The quantitative estimate of drug-likeness (QED) is 0.197. The van der Waals surface area contributed by atoms with Crippen LogP contribution in [-0.2, 0) is 0 Å². The zero-order valence-electron chi connectivity index (χ0n) is 28.8. The molecular formula is C48H33N5. The highest BCUT2D eigenvalue weighted by molar-refractivity contribution is 6.10. The molecule has 53 heavy (non-hydrogen) atoms. The van der Waals surface area contributed by atoms with Crippen LogP contribution in [0.3, 0.4) is 0 Å². The first-order valence-electron chi connectivity index (χ1n) is 18.1. The summed E-state index contributed by atoms with van der Waals surface area (Å²) >= 11 is 0. The number of benzene rings is 7. The molecule has 0 saturated heterocycles. The molecule has 3 aromatic heterocycles. The monoisotopic (exact) mass is 679 g/mol. The van der Waals surface area contributed by atoms with E-state index in [0.29, 0.717) is 0 Å². The maximum atomic E-state index is 5.13. The van der Waals surface area contributed by atoms with Crippen molar-refractivity contribution in [1.29, 1.82) is 0 Å². The van der Waals surface area contributed by atoms with Crippen LogP contribution >= 0.6 is 0 Å². The van der Waals surface area contributed by atoms with Gasteiger partial charge in [-0.05, 0) is 71.8 Å². The molecule has 250 valence electrons. The van der Waals surface area contributed by atoms with E-state index in [1.807, 2.05) is 6.20 Å². The Bertz CT molecular complexity index is 2760. The first kappa shape index (κ1) is 29.6. The minimum absolute atomic E-state index is 0.231. The third kappa shape index (κ3) is 4.61. The Morgan fingerprint density at radius 3 is 1.38 bits per heavy atom. The second kappa shape index (κ2) is 11.7. The second-order valence-electron chi connectivity index (χ2n) is 13.7. The van der Waals surface area contributed by atoms with Gasteiger partial charge in [-0.3, -0.25) is 4.90 Å². The second-order valence-corrected chi connectivity index (χ2v) is 13.7. The fourth-order valence-corrected chi connectivity index (χ4v) is 8.41. The Labute approximate surface area is 306 Å². The average Bonchev–Trinajstić information content (AvgIpc) is 3.89. The first-order chi connectivity index (χ1) is 26.3. The summed E-state index contributed by atoms with van der Waals surface area (Å²) in [5.74, 6) is 0.904. The Balaban J connectivity index is 1.19. The number of rotatable bonds is 5. The van der Waals surface area contributed by atoms with Gasteiger partial charge in [-0.1, -0.05) is 121 Å². The molecule has 5 heteroatoms. The van der Waals surface area contributed by atoms with Crippen LogP contribution in [0.2, 0.25) is 0 Å². The summed E-state index contributed by atoms with van der Waals surface area (Å²) in [6.07, 6.45) is 1.76. The normalized spacial score (nSPS) is 14.0. The van der Waals surface area contributed by atoms with Gasteiger partial charge in [0.15, 0.2) is 5.82 Å². The molecule has 0 saturated carbocycles. The molecule has 0 amide bonds. The lowest BCUT2D eigenvalue weighted by Crippen LogP contribution is -2.24. The summed E-state index contributed by atoms with van der Waals surface area (Å²) < 4.78 is 4.85. The zero-order valence-corrected chi connectivity index (χ0v) is 28.8. The van der Waals surface area contributed by atoms with E-state index in [1.54, 1.807) is 0 Å². The molecule has 1 unspecified atom stereocenters. The molecule has 0 spiro atoms. The summed E-state index contributed by atoms with van der Waals surface area (Å²) in [5, 5.41) is 8.90. The van der Waals surface area contributed by atoms with Crippen LogP contribution in [0, 0.1) is 0 Å². The Kier molecular flexibility index (Phi) is 6.55. The fraction of sp³-hybridized carbons (Fsp3) is 0.0208. The molecule has 5 nitrogen and oxygen atoms in total. The maximum Gasteiger partial charge on any atom is 0.158 e. The van der Waals surface area contributed by atoms with Crippen molar-refractivity contribution in [3.05, 3.63) is 194 Å². The van der Waals surface area contributed by atoms with E-state index in [1.165, 1.54) is 43.6 Å².